The third kappa shape index (κ3) is 8.19. The van der Waals surface area contributed by atoms with Crippen LogP contribution in [0.25, 0.3) is 11.1 Å². The topological polar surface area (TPSA) is 95.5 Å². The summed E-state index contributed by atoms with van der Waals surface area (Å²) >= 11 is 0. The van der Waals surface area contributed by atoms with E-state index in [0.29, 0.717) is 41.6 Å². The monoisotopic (exact) mass is 552 g/mol. The Hall–Kier alpha value is -5.11. The van der Waals surface area contributed by atoms with E-state index in [-0.39, 0.29) is 5.75 Å². The molecule has 0 aliphatic carbocycles. The molecule has 0 spiro atoms. The molecule has 0 saturated heterocycles. The van der Waals surface area contributed by atoms with Crippen molar-refractivity contribution < 1.29 is 28.5 Å². The van der Waals surface area contributed by atoms with Crippen molar-refractivity contribution in [2.75, 3.05) is 13.2 Å². The Morgan fingerprint density at radius 1 is 0.780 bits per heavy atom. The summed E-state index contributed by atoms with van der Waals surface area (Å²) < 4.78 is 22.4. The van der Waals surface area contributed by atoms with Crippen molar-refractivity contribution in [1.82, 2.24) is 5.43 Å². The van der Waals surface area contributed by atoms with Crippen molar-refractivity contribution in [3.63, 3.8) is 0 Å². The number of rotatable bonds is 12. The van der Waals surface area contributed by atoms with Gasteiger partial charge in [0, 0.05) is 0 Å². The van der Waals surface area contributed by atoms with Gasteiger partial charge in [0.1, 0.15) is 11.5 Å². The number of hydrogen-bond donors (Lipinski definition) is 1. The number of benzene rings is 4. The number of hydrogen-bond acceptors (Lipinski definition) is 7. The number of hydrazone groups is 1. The molecule has 0 heterocycles. The highest BCUT2D eigenvalue weighted by Gasteiger charge is 2.15. The lowest BCUT2D eigenvalue weighted by Gasteiger charge is -2.13. The van der Waals surface area contributed by atoms with E-state index in [0.717, 1.165) is 11.1 Å². The van der Waals surface area contributed by atoms with Gasteiger partial charge < -0.3 is 18.9 Å². The third-order valence-corrected chi connectivity index (χ3v) is 5.90. The summed E-state index contributed by atoms with van der Waals surface area (Å²) in [6, 6.07) is 29.3. The van der Waals surface area contributed by atoms with E-state index >= 15 is 0 Å². The maximum absolute atomic E-state index is 12.6. The Bertz CT molecular complexity index is 1470. The molecule has 0 saturated carbocycles. The van der Waals surface area contributed by atoms with Crippen LogP contribution in [-0.2, 0) is 4.79 Å². The van der Waals surface area contributed by atoms with Gasteiger partial charge in [-0.2, -0.15) is 5.10 Å². The second kappa shape index (κ2) is 14.3. The normalized spacial score (nSPS) is 11.5. The first-order chi connectivity index (χ1) is 20.0. The predicted octanol–water partition coefficient (Wildman–Crippen LogP) is 6.29. The zero-order valence-electron chi connectivity index (χ0n) is 23.2. The molecule has 8 heteroatoms. The molecular formula is C33H32N2O6. The minimum absolute atomic E-state index is 0.271. The Kier molecular flexibility index (Phi) is 10.1. The van der Waals surface area contributed by atoms with Crippen LogP contribution in [0.3, 0.4) is 0 Å². The van der Waals surface area contributed by atoms with Gasteiger partial charge >= 0.3 is 5.97 Å². The molecule has 0 aromatic heterocycles. The number of nitrogens with zero attached hydrogens (tertiary/aromatic N) is 1. The molecular weight excluding hydrogens is 520 g/mol. The van der Waals surface area contributed by atoms with Crippen molar-refractivity contribution in [2.24, 2.45) is 5.10 Å². The maximum Gasteiger partial charge on any atom is 0.343 e. The van der Waals surface area contributed by atoms with Crippen LogP contribution in [0, 0.1) is 0 Å². The van der Waals surface area contributed by atoms with E-state index in [1.54, 1.807) is 49.4 Å². The highest BCUT2D eigenvalue weighted by Crippen LogP contribution is 2.29. The fourth-order valence-electron chi connectivity index (χ4n) is 3.85. The molecule has 0 bridgehead atoms. The minimum atomic E-state index is -0.766. The van der Waals surface area contributed by atoms with Gasteiger partial charge in [-0.15, -0.1) is 0 Å². The van der Waals surface area contributed by atoms with Gasteiger partial charge in [0.25, 0.3) is 5.91 Å². The molecule has 1 N–H and O–H groups in total. The first-order valence-corrected chi connectivity index (χ1v) is 13.3. The molecule has 0 aliphatic heterocycles. The zero-order valence-corrected chi connectivity index (χ0v) is 23.2. The Morgan fingerprint density at radius 3 is 2.12 bits per heavy atom. The van der Waals surface area contributed by atoms with Crippen molar-refractivity contribution >= 4 is 18.1 Å². The van der Waals surface area contributed by atoms with Crippen molar-refractivity contribution in [2.45, 2.75) is 26.9 Å². The van der Waals surface area contributed by atoms with Crippen molar-refractivity contribution in [3.8, 4) is 34.1 Å². The number of nitrogens with one attached hydrogen (secondary N) is 1. The fourth-order valence-corrected chi connectivity index (χ4v) is 3.85. The lowest BCUT2D eigenvalue weighted by molar-refractivity contribution is -0.127. The molecule has 41 heavy (non-hydrogen) atoms. The number of ether oxygens (including phenoxy) is 4. The summed E-state index contributed by atoms with van der Waals surface area (Å²) in [5, 5.41) is 4.04. The lowest BCUT2D eigenvalue weighted by atomic mass is 10.1. The average molecular weight is 553 g/mol. The summed E-state index contributed by atoms with van der Waals surface area (Å²) in [5.41, 5.74) is 5.67. The van der Waals surface area contributed by atoms with Gasteiger partial charge in [-0.05, 0) is 92.1 Å². The van der Waals surface area contributed by atoms with Crippen LogP contribution >= 0.6 is 0 Å². The summed E-state index contributed by atoms with van der Waals surface area (Å²) in [7, 11) is 0. The molecule has 210 valence electrons. The summed E-state index contributed by atoms with van der Waals surface area (Å²) in [5.74, 6) is 0.969. The Labute approximate surface area is 239 Å². The van der Waals surface area contributed by atoms with Crippen LogP contribution in [0.4, 0.5) is 0 Å². The van der Waals surface area contributed by atoms with Crippen molar-refractivity contribution in [3.05, 3.63) is 108 Å². The van der Waals surface area contributed by atoms with Gasteiger partial charge in [0.2, 0.25) is 0 Å². The molecule has 1 unspecified atom stereocenters. The van der Waals surface area contributed by atoms with Crippen LogP contribution in [0.2, 0.25) is 0 Å². The molecule has 4 rings (SSSR count). The molecule has 1 amide bonds. The smallest absolute Gasteiger partial charge is 0.343 e. The van der Waals surface area contributed by atoms with Crippen LogP contribution in [0.1, 0.15) is 36.7 Å². The second-order valence-corrected chi connectivity index (χ2v) is 8.87. The predicted molar refractivity (Wildman–Crippen MR) is 158 cm³/mol. The quantitative estimate of drug-likeness (QED) is 0.0961. The largest absolute Gasteiger partial charge is 0.494 e. The molecule has 0 fully saturated rings. The molecule has 0 aliphatic rings. The van der Waals surface area contributed by atoms with E-state index < -0.39 is 18.0 Å². The SMILES string of the molecule is CCOc1ccc(C(=O)Oc2ccc(/C=N/NC(=O)C(C)Oc3ccc(-c4ccccc4)cc3)cc2OCC)cc1. The maximum atomic E-state index is 12.6. The summed E-state index contributed by atoms with van der Waals surface area (Å²) in [4.78, 5) is 25.2. The van der Waals surface area contributed by atoms with Crippen LogP contribution < -0.4 is 24.4 Å². The van der Waals surface area contributed by atoms with Gasteiger partial charge in [-0.3, -0.25) is 4.79 Å². The van der Waals surface area contributed by atoms with Crippen LogP contribution in [0.5, 0.6) is 23.0 Å². The first kappa shape index (κ1) is 28.9. The number of carbonyl (C=O) groups is 2. The number of amides is 1. The fraction of sp³-hybridized carbons (Fsp3) is 0.182. The second-order valence-electron chi connectivity index (χ2n) is 8.87. The molecule has 0 radical (unpaired) electrons. The van der Waals surface area contributed by atoms with E-state index in [4.69, 9.17) is 18.9 Å². The number of carbonyl (C=O) groups excluding carboxylic acids is 2. The van der Waals surface area contributed by atoms with Crippen LogP contribution in [0.15, 0.2) is 102 Å². The van der Waals surface area contributed by atoms with E-state index in [1.165, 1.54) is 6.21 Å². The Morgan fingerprint density at radius 2 is 1.44 bits per heavy atom. The van der Waals surface area contributed by atoms with Crippen LogP contribution in [-0.4, -0.2) is 37.4 Å². The number of esters is 1. The van der Waals surface area contributed by atoms with E-state index in [2.05, 4.69) is 10.5 Å². The first-order valence-electron chi connectivity index (χ1n) is 13.3. The minimum Gasteiger partial charge on any atom is -0.494 e. The van der Waals surface area contributed by atoms with Crippen molar-refractivity contribution in [1.29, 1.82) is 0 Å². The standard InChI is InChI=1S/C33H32N2O6/c1-4-38-28-16-14-27(15-17-28)33(37)41-30-20-11-24(21-31(30)39-5-2)22-34-35-32(36)23(3)40-29-18-12-26(13-19-29)25-9-7-6-8-10-25/h6-23H,4-5H2,1-3H3,(H,35,36)/b34-22+. The van der Waals surface area contributed by atoms with Gasteiger partial charge in [-0.25, -0.2) is 10.2 Å². The molecule has 1 atom stereocenters. The van der Waals surface area contributed by atoms with E-state index in [1.807, 2.05) is 68.4 Å². The lowest BCUT2D eigenvalue weighted by Crippen LogP contribution is -2.33. The van der Waals surface area contributed by atoms with Gasteiger partial charge in [0.05, 0.1) is 25.0 Å². The third-order valence-electron chi connectivity index (χ3n) is 5.90. The molecule has 4 aromatic rings. The Balaban J connectivity index is 1.33. The van der Waals surface area contributed by atoms with Gasteiger partial charge in [0.15, 0.2) is 17.6 Å². The summed E-state index contributed by atoms with van der Waals surface area (Å²) in [6.45, 7) is 6.28. The average Bonchev–Trinajstić information content (AvgIpc) is 3.00. The van der Waals surface area contributed by atoms with Gasteiger partial charge in [-0.1, -0.05) is 42.5 Å². The highest BCUT2D eigenvalue weighted by molar-refractivity contribution is 5.92. The zero-order chi connectivity index (χ0) is 29.0. The van der Waals surface area contributed by atoms with E-state index in [9.17, 15) is 9.59 Å². The highest BCUT2D eigenvalue weighted by atomic mass is 16.6. The summed E-state index contributed by atoms with van der Waals surface area (Å²) in [6.07, 6.45) is 0.706. The molecule has 4 aromatic carbocycles. The molecule has 8 nitrogen and oxygen atoms in total.